The number of carbonyl (C=O) groups is 1. The van der Waals surface area contributed by atoms with Gasteiger partial charge in [0.2, 0.25) is 0 Å². The second-order valence-corrected chi connectivity index (χ2v) is 5.11. The van der Waals surface area contributed by atoms with Crippen molar-refractivity contribution in [1.82, 2.24) is 15.1 Å². The number of nitrogens with one attached hydrogen (secondary N) is 2. The molecule has 0 aliphatic carbocycles. The normalized spacial score (nSPS) is 11.9. The van der Waals surface area contributed by atoms with Gasteiger partial charge in [-0.2, -0.15) is 5.10 Å². The van der Waals surface area contributed by atoms with Crippen LogP contribution in [-0.4, -0.2) is 22.4 Å². The van der Waals surface area contributed by atoms with Crippen LogP contribution in [0.1, 0.15) is 6.92 Å². The Balaban J connectivity index is 1.73. The molecule has 5 nitrogen and oxygen atoms in total. The topological polar surface area (TPSA) is 59.0 Å². The van der Waals surface area contributed by atoms with Gasteiger partial charge in [-0.15, -0.1) is 0 Å². The number of aromatic nitrogens is 2. The summed E-state index contributed by atoms with van der Waals surface area (Å²) in [6.45, 7) is 3.41. The van der Waals surface area contributed by atoms with Crippen LogP contribution in [0.5, 0.6) is 0 Å². The second-order valence-electron chi connectivity index (χ2n) is 4.68. The number of amides is 2. The molecule has 2 N–H and O–H groups in total. The van der Waals surface area contributed by atoms with E-state index in [0.717, 1.165) is 6.54 Å². The molecular formula is C14H17ClN4O. The van der Waals surface area contributed by atoms with Crippen LogP contribution in [0.4, 0.5) is 10.5 Å². The molecule has 0 saturated carbocycles. The molecule has 20 heavy (non-hydrogen) atoms. The molecule has 1 heterocycles. The first-order chi connectivity index (χ1) is 9.63. The smallest absolute Gasteiger partial charge is 0.319 e. The lowest BCUT2D eigenvalue weighted by atomic mass is 10.2. The van der Waals surface area contributed by atoms with Crippen molar-refractivity contribution in [2.45, 2.75) is 13.5 Å². The monoisotopic (exact) mass is 292 g/mol. The molecule has 0 aliphatic heterocycles. The molecule has 0 aliphatic rings. The summed E-state index contributed by atoms with van der Waals surface area (Å²) in [5.74, 6) is 0.297. The van der Waals surface area contributed by atoms with Crippen LogP contribution in [0.25, 0.3) is 0 Å². The van der Waals surface area contributed by atoms with Crippen molar-refractivity contribution < 1.29 is 4.79 Å². The van der Waals surface area contributed by atoms with Gasteiger partial charge < -0.3 is 10.6 Å². The highest BCUT2D eigenvalue weighted by atomic mass is 35.5. The maximum absolute atomic E-state index is 11.7. The fourth-order valence-corrected chi connectivity index (χ4v) is 1.89. The quantitative estimate of drug-likeness (QED) is 0.890. The van der Waals surface area contributed by atoms with Crippen molar-refractivity contribution in [2.24, 2.45) is 5.92 Å². The summed E-state index contributed by atoms with van der Waals surface area (Å²) in [7, 11) is 0. The van der Waals surface area contributed by atoms with Gasteiger partial charge in [0, 0.05) is 36.2 Å². The molecule has 1 aromatic heterocycles. The number of urea groups is 1. The lowest BCUT2D eigenvalue weighted by Gasteiger charge is -2.13. The summed E-state index contributed by atoms with van der Waals surface area (Å²) >= 11 is 5.78. The maximum Gasteiger partial charge on any atom is 0.319 e. The molecule has 0 spiro atoms. The van der Waals surface area contributed by atoms with Gasteiger partial charge in [0.15, 0.2) is 0 Å². The standard InChI is InChI=1S/C14H17ClN4O/c1-11(10-19-8-2-7-17-19)9-16-14(20)18-13-5-3-12(15)4-6-13/h2-8,11H,9-10H2,1H3,(H2,16,18,20)/t11-/m1/s1. The van der Waals surface area contributed by atoms with E-state index in [4.69, 9.17) is 11.6 Å². The number of rotatable bonds is 5. The van der Waals surface area contributed by atoms with Crippen LogP contribution in [-0.2, 0) is 6.54 Å². The molecule has 2 rings (SSSR count). The van der Waals surface area contributed by atoms with E-state index in [1.165, 1.54) is 0 Å². The third-order valence-corrected chi connectivity index (χ3v) is 3.02. The third kappa shape index (κ3) is 4.59. The van der Waals surface area contributed by atoms with Crippen LogP contribution in [0.15, 0.2) is 42.7 Å². The number of halogens is 1. The highest BCUT2D eigenvalue weighted by molar-refractivity contribution is 6.30. The van der Waals surface area contributed by atoms with E-state index in [0.29, 0.717) is 23.2 Å². The van der Waals surface area contributed by atoms with Gasteiger partial charge in [0.05, 0.1) is 0 Å². The largest absolute Gasteiger partial charge is 0.338 e. The summed E-state index contributed by atoms with van der Waals surface area (Å²) in [5, 5.41) is 10.4. The third-order valence-electron chi connectivity index (χ3n) is 2.77. The van der Waals surface area contributed by atoms with E-state index >= 15 is 0 Å². The number of hydrogen-bond acceptors (Lipinski definition) is 2. The fourth-order valence-electron chi connectivity index (χ4n) is 1.77. The molecular weight excluding hydrogens is 276 g/mol. The maximum atomic E-state index is 11.7. The Bertz CT molecular complexity index is 539. The number of benzene rings is 1. The van der Waals surface area contributed by atoms with Crippen LogP contribution in [0.3, 0.4) is 0 Å². The Morgan fingerprint density at radius 3 is 2.80 bits per heavy atom. The van der Waals surface area contributed by atoms with Crippen molar-refractivity contribution in [2.75, 3.05) is 11.9 Å². The van der Waals surface area contributed by atoms with E-state index in [-0.39, 0.29) is 6.03 Å². The first kappa shape index (κ1) is 14.4. The minimum atomic E-state index is -0.223. The van der Waals surface area contributed by atoms with Crippen molar-refractivity contribution in [3.63, 3.8) is 0 Å². The Labute approximate surface area is 122 Å². The molecule has 106 valence electrons. The van der Waals surface area contributed by atoms with Crippen molar-refractivity contribution in [1.29, 1.82) is 0 Å². The Morgan fingerprint density at radius 2 is 2.15 bits per heavy atom. The van der Waals surface area contributed by atoms with Crippen molar-refractivity contribution >= 4 is 23.3 Å². The fraction of sp³-hybridized carbons (Fsp3) is 0.286. The molecule has 6 heteroatoms. The molecule has 1 atom stereocenters. The number of anilines is 1. The predicted octanol–water partition coefficient (Wildman–Crippen LogP) is 2.99. The first-order valence-electron chi connectivity index (χ1n) is 6.41. The summed E-state index contributed by atoms with van der Waals surface area (Å²) in [6.07, 6.45) is 3.65. The molecule has 0 bridgehead atoms. The predicted molar refractivity (Wildman–Crippen MR) is 79.9 cm³/mol. The zero-order chi connectivity index (χ0) is 14.4. The summed E-state index contributed by atoms with van der Waals surface area (Å²) in [5.41, 5.74) is 0.714. The highest BCUT2D eigenvalue weighted by Gasteiger charge is 2.06. The van der Waals surface area contributed by atoms with Crippen LogP contribution in [0.2, 0.25) is 5.02 Å². The van der Waals surface area contributed by atoms with E-state index < -0.39 is 0 Å². The van der Waals surface area contributed by atoms with Crippen molar-refractivity contribution in [3.05, 3.63) is 47.7 Å². The molecule has 1 aromatic carbocycles. The zero-order valence-corrected chi connectivity index (χ0v) is 12.0. The molecule has 0 saturated heterocycles. The van der Waals surface area contributed by atoms with Gasteiger partial charge in [-0.1, -0.05) is 18.5 Å². The molecule has 0 unspecified atom stereocenters. The molecule has 0 fully saturated rings. The number of hydrogen-bond donors (Lipinski definition) is 2. The van der Waals surface area contributed by atoms with Gasteiger partial charge in [0.25, 0.3) is 0 Å². The number of carbonyl (C=O) groups excluding carboxylic acids is 1. The lowest BCUT2D eigenvalue weighted by Crippen LogP contribution is -2.33. The highest BCUT2D eigenvalue weighted by Crippen LogP contribution is 2.13. The van der Waals surface area contributed by atoms with Crippen LogP contribution in [0, 0.1) is 5.92 Å². The minimum Gasteiger partial charge on any atom is -0.338 e. The zero-order valence-electron chi connectivity index (χ0n) is 11.2. The Morgan fingerprint density at radius 1 is 1.40 bits per heavy atom. The van der Waals surface area contributed by atoms with E-state index in [1.807, 2.05) is 16.9 Å². The minimum absolute atomic E-state index is 0.223. The summed E-state index contributed by atoms with van der Waals surface area (Å²) in [6, 6.07) is 8.65. The van der Waals surface area contributed by atoms with E-state index in [1.54, 1.807) is 30.5 Å². The van der Waals surface area contributed by atoms with Crippen LogP contribution < -0.4 is 10.6 Å². The first-order valence-corrected chi connectivity index (χ1v) is 6.79. The van der Waals surface area contributed by atoms with Crippen molar-refractivity contribution in [3.8, 4) is 0 Å². The average molecular weight is 293 g/mol. The van der Waals surface area contributed by atoms with E-state index in [2.05, 4.69) is 22.7 Å². The Kier molecular flexibility index (Phi) is 5.01. The van der Waals surface area contributed by atoms with Gasteiger partial charge in [-0.3, -0.25) is 4.68 Å². The Hall–Kier alpha value is -2.01. The summed E-state index contributed by atoms with van der Waals surface area (Å²) < 4.78 is 1.85. The van der Waals surface area contributed by atoms with Gasteiger partial charge in [-0.05, 0) is 36.2 Å². The number of nitrogens with zero attached hydrogens (tertiary/aromatic N) is 2. The van der Waals surface area contributed by atoms with E-state index in [9.17, 15) is 4.79 Å². The van der Waals surface area contributed by atoms with Gasteiger partial charge in [0.1, 0.15) is 0 Å². The van der Waals surface area contributed by atoms with Crippen LogP contribution >= 0.6 is 11.6 Å². The second kappa shape index (κ2) is 6.96. The van der Waals surface area contributed by atoms with Gasteiger partial charge >= 0.3 is 6.03 Å². The summed E-state index contributed by atoms with van der Waals surface area (Å²) in [4.78, 5) is 11.7. The SMILES string of the molecule is C[C@H](CNC(=O)Nc1ccc(Cl)cc1)Cn1cccn1. The molecule has 2 aromatic rings. The average Bonchev–Trinajstić information content (AvgIpc) is 2.92. The molecule has 0 radical (unpaired) electrons. The van der Waals surface area contributed by atoms with Gasteiger partial charge in [-0.25, -0.2) is 4.79 Å². The molecule has 2 amide bonds. The lowest BCUT2D eigenvalue weighted by molar-refractivity contribution is 0.249.